The van der Waals surface area contributed by atoms with Crippen molar-refractivity contribution in [3.05, 3.63) is 83.7 Å². The third-order valence-electron chi connectivity index (χ3n) is 6.80. The Bertz CT molecular complexity index is 1260. The van der Waals surface area contributed by atoms with Crippen LogP contribution >= 0.6 is 0 Å². The fraction of sp³-hybridized carbons (Fsp3) is 0.438. The van der Waals surface area contributed by atoms with E-state index in [1.54, 1.807) is 11.1 Å². The lowest BCUT2D eigenvalue weighted by Crippen LogP contribution is -2.39. The third-order valence-corrected chi connectivity index (χ3v) is 8.45. The molecule has 0 radical (unpaired) electrons. The van der Waals surface area contributed by atoms with Gasteiger partial charge >= 0.3 is 6.09 Å². The summed E-state index contributed by atoms with van der Waals surface area (Å²) in [6, 6.07) is 20.4. The Balaban J connectivity index is 1.41. The standard InChI is InChI=1S/C32H40N2O4S/c1-24(29-11-7-8-18-33-29)39(36)23-25-12-14-26(15-13-25)27-16-17-30-28(22-27)10-6-5-9-19-34(20-21-37-30)31(35)38-32(2,3)4/h7-8,11-18,22,24H,5-6,9-10,19-21,23H2,1-4H3. The first-order valence-corrected chi connectivity index (χ1v) is 15.2. The Labute approximate surface area is 235 Å². The zero-order valence-corrected chi connectivity index (χ0v) is 24.3. The molecule has 0 saturated heterocycles. The van der Waals surface area contributed by atoms with Gasteiger partial charge in [0.25, 0.3) is 0 Å². The normalized spacial score (nSPS) is 16.3. The van der Waals surface area contributed by atoms with Crippen LogP contribution in [0.3, 0.4) is 0 Å². The molecule has 1 aliphatic rings. The highest BCUT2D eigenvalue weighted by Crippen LogP contribution is 2.30. The number of ether oxygens (including phenoxy) is 2. The summed E-state index contributed by atoms with van der Waals surface area (Å²) in [5.41, 5.74) is 4.84. The minimum atomic E-state index is -1.05. The van der Waals surface area contributed by atoms with E-state index in [2.05, 4.69) is 41.4 Å². The Kier molecular flexibility index (Phi) is 9.78. The van der Waals surface area contributed by atoms with Crippen molar-refractivity contribution in [2.24, 2.45) is 0 Å². The number of benzene rings is 2. The van der Waals surface area contributed by atoms with Crippen LogP contribution in [-0.2, 0) is 27.7 Å². The second-order valence-electron chi connectivity index (χ2n) is 11.1. The van der Waals surface area contributed by atoms with Gasteiger partial charge in [0.15, 0.2) is 0 Å². The summed E-state index contributed by atoms with van der Waals surface area (Å²) in [6.45, 7) is 9.23. The maximum absolute atomic E-state index is 12.9. The Morgan fingerprint density at radius 2 is 1.79 bits per heavy atom. The second-order valence-corrected chi connectivity index (χ2v) is 12.8. The quantitative estimate of drug-likeness (QED) is 0.340. The van der Waals surface area contributed by atoms with Gasteiger partial charge in [0.05, 0.1) is 17.5 Å². The maximum Gasteiger partial charge on any atom is 0.410 e. The number of pyridine rings is 1. The molecule has 0 N–H and O–H groups in total. The molecule has 1 aliphatic heterocycles. The zero-order valence-electron chi connectivity index (χ0n) is 23.5. The smallest absolute Gasteiger partial charge is 0.410 e. The van der Waals surface area contributed by atoms with E-state index in [9.17, 15) is 9.00 Å². The summed E-state index contributed by atoms with van der Waals surface area (Å²) in [5.74, 6) is 1.37. The number of rotatable bonds is 5. The van der Waals surface area contributed by atoms with Crippen molar-refractivity contribution in [3.8, 4) is 16.9 Å². The summed E-state index contributed by atoms with van der Waals surface area (Å²) >= 11 is 0. The van der Waals surface area contributed by atoms with Crippen molar-refractivity contribution < 1.29 is 18.5 Å². The topological polar surface area (TPSA) is 68.7 Å². The molecule has 6 nitrogen and oxygen atoms in total. The van der Waals surface area contributed by atoms with Gasteiger partial charge in [-0.05, 0) is 93.5 Å². The predicted octanol–water partition coefficient (Wildman–Crippen LogP) is 7.10. The van der Waals surface area contributed by atoms with Gasteiger partial charge in [-0.2, -0.15) is 0 Å². The molecule has 0 bridgehead atoms. The number of amides is 1. The van der Waals surface area contributed by atoms with E-state index in [1.807, 2.05) is 52.0 Å². The van der Waals surface area contributed by atoms with E-state index >= 15 is 0 Å². The van der Waals surface area contributed by atoms with Gasteiger partial charge in [0.1, 0.15) is 18.0 Å². The van der Waals surface area contributed by atoms with Crippen LogP contribution in [0.25, 0.3) is 11.1 Å². The van der Waals surface area contributed by atoms with Crippen molar-refractivity contribution in [3.63, 3.8) is 0 Å². The molecule has 3 aromatic rings. The van der Waals surface area contributed by atoms with Crippen molar-refractivity contribution in [2.45, 2.75) is 70.0 Å². The van der Waals surface area contributed by atoms with Crippen LogP contribution < -0.4 is 4.74 Å². The predicted molar refractivity (Wildman–Crippen MR) is 157 cm³/mol. The maximum atomic E-state index is 12.9. The van der Waals surface area contributed by atoms with E-state index in [0.717, 1.165) is 53.8 Å². The van der Waals surface area contributed by atoms with Gasteiger partial charge in [-0.15, -0.1) is 0 Å². The lowest BCUT2D eigenvalue weighted by Gasteiger charge is -2.27. The summed E-state index contributed by atoms with van der Waals surface area (Å²) in [7, 11) is -1.05. The monoisotopic (exact) mass is 548 g/mol. The molecule has 1 amide bonds. The molecule has 2 aromatic carbocycles. The Hall–Kier alpha value is -3.19. The molecule has 1 aromatic heterocycles. The number of aryl methyl sites for hydroxylation is 1. The molecule has 39 heavy (non-hydrogen) atoms. The average molecular weight is 549 g/mol. The molecule has 0 aliphatic carbocycles. The third kappa shape index (κ3) is 8.40. The number of hydrogen-bond donors (Lipinski definition) is 0. The number of nitrogens with zero attached hydrogens (tertiary/aromatic N) is 2. The first-order valence-electron chi connectivity index (χ1n) is 13.8. The van der Waals surface area contributed by atoms with E-state index in [4.69, 9.17) is 9.47 Å². The number of aromatic nitrogens is 1. The van der Waals surface area contributed by atoms with Crippen molar-refractivity contribution in [2.75, 3.05) is 19.7 Å². The molecular formula is C32H40N2O4S. The first-order chi connectivity index (χ1) is 18.7. The first kappa shape index (κ1) is 28.8. The van der Waals surface area contributed by atoms with Crippen LogP contribution in [0.2, 0.25) is 0 Å². The highest BCUT2D eigenvalue weighted by molar-refractivity contribution is 7.84. The summed E-state index contributed by atoms with van der Waals surface area (Å²) in [6.07, 6.45) is 5.40. The van der Waals surface area contributed by atoms with E-state index < -0.39 is 16.4 Å². The molecule has 2 atom stereocenters. The van der Waals surface area contributed by atoms with Gasteiger partial charge in [0.2, 0.25) is 0 Å². The summed E-state index contributed by atoms with van der Waals surface area (Å²) in [4.78, 5) is 18.7. The van der Waals surface area contributed by atoms with Crippen LogP contribution in [0.5, 0.6) is 5.75 Å². The lowest BCUT2D eigenvalue weighted by atomic mass is 9.98. The van der Waals surface area contributed by atoms with Gasteiger partial charge in [0, 0.05) is 29.3 Å². The van der Waals surface area contributed by atoms with Gasteiger partial charge in [-0.1, -0.05) is 42.8 Å². The number of fused-ring (bicyclic) bond motifs is 1. The molecule has 0 fully saturated rings. The van der Waals surface area contributed by atoms with Crippen LogP contribution in [0.15, 0.2) is 66.9 Å². The molecule has 0 saturated carbocycles. The van der Waals surface area contributed by atoms with Crippen LogP contribution in [0.1, 0.15) is 69.0 Å². The highest BCUT2D eigenvalue weighted by Gasteiger charge is 2.22. The van der Waals surface area contributed by atoms with Crippen LogP contribution in [0, 0.1) is 0 Å². The Morgan fingerprint density at radius 3 is 2.51 bits per heavy atom. The molecule has 2 unspecified atom stereocenters. The molecule has 208 valence electrons. The lowest BCUT2D eigenvalue weighted by molar-refractivity contribution is 0.0224. The molecular weight excluding hydrogens is 508 g/mol. The Morgan fingerprint density at radius 1 is 1.03 bits per heavy atom. The second kappa shape index (κ2) is 13.2. The van der Waals surface area contributed by atoms with Crippen LogP contribution in [0.4, 0.5) is 4.79 Å². The number of hydrogen-bond acceptors (Lipinski definition) is 5. The molecule has 2 heterocycles. The fourth-order valence-electron chi connectivity index (χ4n) is 4.61. The van der Waals surface area contributed by atoms with E-state index in [0.29, 0.717) is 25.4 Å². The highest BCUT2D eigenvalue weighted by atomic mass is 32.2. The van der Waals surface area contributed by atoms with E-state index in [-0.39, 0.29) is 11.3 Å². The van der Waals surface area contributed by atoms with Crippen LogP contribution in [-0.4, -0.2) is 45.5 Å². The molecule has 7 heteroatoms. The summed E-state index contributed by atoms with van der Waals surface area (Å²) in [5, 5.41) is -0.117. The van der Waals surface area contributed by atoms with Gasteiger partial charge in [-0.25, -0.2) is 4.79 Å². The van der Waals surface area contributed by atoms with Crippen molar-refractivity contribution in [1.82, 2.24) is 9.88 Å². The minimum absolute atomic E-state index is 0.117. The minimum Gasteiger partial charge on any atom is -0.491 e. The zero-order chi connectivity index (χ0) is 27.8. The van der Waals surface area contributed by atoms with E-state index in [1.165, 1.54) is 5.56 Å². The average Bonchev–Trinajstić information content (AvgIpc) is 2.96. The summed E-state index contributed by atoms with van der Waals surface area (Å²) < 4.78 is 24.7. The van der Waals surface area contributed by atoms with Crippen molar-refractivity contribution in [1.29, 1.82) is 0 Å². The number of carbonyl (C=O) groups is 1. The largest absolute Gasteiger partial charge is 0.491 e. The van der Waals surface area contributed by atoms with Crippen molar-refractivity contribution >= 4 is 16.9 Å². The molecule has 0 spiro atoms. The SMILES string of the molecule is CC(c1ccccn1)S(=O)Cc1ccc(-c2ccc3c(c2)CCCCCN(C(=O)OC(C)(C)C)CCO3)cc1. The fourth-order valence-corrected chi connectivity index (χ4v) is 5.79. The van der Waals surface area contributed by atoms with Gasteiger partial charge < -0.3 is 14.4 Å². The van der Waals surface area contributed by atoms with Gasteiger partial charge in [-0.3, -0.25) is 9.19 Å². The number of carbonyl (C=O) groups excluding carboxylic acids is 1. The molecule has 4 rings (SSSR count).